The van der Waals surface area contributed by atoms with Gasteiger partial charge in [0, 0.05) is 18.7 Å². The summed E-state index contributed by atoms with van der Waals surface area (Å²) in [5, 5.41) is 4.08. The summed E-state index contributed by atoms with van der Waals surface area (Å²) in [6.45, 7) is 6.49. The maximum Gasteiger partial charge on any atom is 0.241 e. The van der Waals surface area contributed by atoms with Crippen molar-refractivity contribution in [2.45, 2.75) is 32.6 Å². The molecule has 3 rings (SSSR count). The molecule has 1 saturated heterocycles. The minimum atomic E-state index is 0.210. The Bertz CT molecular complexity index is 678. The van der Waals surface area contributed by atoms with Crippen LogP contribution in [0, 0.1) is 0 Å². The lowest BCUT2D eigenvalue weighted by molar-refractivity contribution is -0.0725. The van der Waals surface area contributed by atoms with Crippen LogP contribution in [0.5, 0.6) is 11.5 Å². The first-order valence-corrected chi connectivity index (χ1v) is 8.02. The average Bonchev–Trinajstić information content (AvgIpc) is 3.01. The van der Waals surface area contributed by atoms with Gasteiger partial charge in [-0.2, -0.15) is 4.98 Å². The Labute approximate surface area is 141 Å². The summed E-state index contributed by atoms with van der Waals surface area (Å²) in [4.78, 5) is 6.77. The van der Waals surface area contributed by atoms with Crippen molar-refractivity contribution in [3.8, 4) is 22.9 Å². The first kappa shape index (κ1) is 16.7. The van der Waals surface area contributed by atoms with Crippen molar-refractivity contribution in [3.63, 3.8) is 0 Å². The molecular weight excluding hydrogens is 310 g/mol. The fourth-order valence-corrected chi connectivity index (χ4v) is 3.02. The molecule has 0 amide bonds. The van der Waals surface area contributed by atoms with Crippen molar-refractivity contribution < 1.29 is 18.7 Å². The van der Waals surface area contributed by atoms with Gasteiger partial charge in [-0.1, -0.05) is 5.16 Å². The van der Waals surface area contributed by atoms with Gasteiger partial charge in [-0.25, -0.2) is 0 Å². The van der Waals surface area contributed by atoms with Gasteiger partial charge < -0.3 is 18.7 Å². The molecule has 24 heavy (non-hydrogen) atoms. The number of ether oxygens (including phenoxy) is 3. The average molecular weight is 333 g/mol. The molecule has 7 heteroatoms. The predicted molar refractivity (Wildman–Crippen MR) is 88.1 cm³/mol. The Hall–Kier alpha value is -2.12. The molecule has 1 aliphatic heterocycles. The predicted octanol–water partition coefficient (Wildman–Crippen LogP) is 2.36. The highest BCUT2D eigenvalue weighted by Crippen LogP contribution is 2.31. The van der Waals surface area contributed by atoms with Gasteiger partial charge in [0.15, 0.2) is 11.5 Å². The molecule has 0 aliphatic carbocycles. The number of benzene rings is 1. The van der Waals surface area contributed by atoms with E-state index in [2.05, 4.69) is 28.9 Å². The van der Waals surface area contributed by atoms with Crippen molar-refractivity contribution in [2.75, 3.05) is 27.3 Å². The Balaban J connectivity index is 1.73. The van der Waals surface area contributed by atoms with E-state index in [9.17, 15) is 0 Å². The molecule has 2 atom stereocenters. The molecule has 0 saturated carbocycles. The standard InChI is InChI=1S/C17H23N3O4/c1-11-8-20(9-12(2)23-11)10-16-18-17(19-24-16)13-5-6-14(21-3)15(7-13)22-4/h5-7,11-12H,8-10H2,1-4H3. The lowest BCUT2D eigenvalue weighted by atomic mass is 10.2. The number of rotatable bonds is 5. The number of methoxy groups -OCH3 is 2. The maximum atomic E-state index is 5.74. The van der Waals surface area contributed by atoms with Crippen molar-refractivity contribution in [1.82, 2.24) is 15.0 Å². The Morgan fingerprint density at radius 1 is 1.12 bits per heavy atom. The summed E-state index contributed by atoms with van der Waals surface area (Å²) in [6.07, 6.45) is 0.420. The minimum absolute atomic E-state index is 0.210. The second-order valence-electron chi connectivity index (χ2n) is 6.03. The topological polar surface area (TPSA) is 69.9 Å². The fraction of sp³-hybridized carbons (Fsp3) is 0.529. The highest BCUT2D eigenvalue weighted by atomic mass is 16.5. The molecule has 1 aromatic heterocycles. The molecule has 7 nitrogen and oxygen atoms in total. The SMILES string of the molecule is COc1ccc(-c2noc(CN3CC(C)OC(C)C3)n2)cc1OC. The fourth-order valence-electron chi connectivity index (χ4n) is 3.02. The van der Waals surface area contributed by atoms with E-state index in [0.717, 1.165) is 18.7 Å². The number of aromatic nitrogens is 2. The van der Waals surface area contributed by atoms with Crippen LogP contribution < -0.4 is 9.47 Å². The van der Waals surface area contributed by atoms with Crippen LogP contribution in [-0.2, 0) is 11.3 Å². The van der Waals surface area contributed by atoms with Crippen molar-refractivity contribution in [1.29, 1.82) is 0 Å². The highest BCUT2D eigenvalue weighted by Gasteiger charge is 2.24. The van der Waals surface area contributed by atoms with E-state index in [4.69, 9.17) is 18.7 Å². The first-order chi connectivity index (χ1) is 11.6. The Morgan fingerprint density at radius 3 is 2.50 bits per heavy atom. The van der Waals surface area contributed by atoms with Crippen molar-refractivity contribution >= 4 is 0 Å². The first-order valence-electron chi connectivity index (χ1n) is 8.02. The molecule has 0 radical (unpaired) electrons. The lowest BCUT2D eigenvalue weighted by Crippen LogP contribution is -2.44. The monoisotopic (exact) mass is 333 g/mol. The molecule has 2 heterocycles. The van der Waals surface area contributed by atoms with E-state index in [1.807, 2.05) is 18.2 Å². The van der Waals surface area contributed by atoms with Crippen LogP contribution in [0.1, 0.15) is 19.7 Å². The van der Waals surface area contributed by atoms with Gasteiger partial charge in [0.1, 0.15) is 0 Å². The highest BCUT2D eigenvalue weighted by molar-refractivity contribution is 5.60. The second kappa shape index (κ2) is 7.19. The van der Waals surface area contributed by atoms with Crippen LogP contribution in [0.2, 0.25) is 0 Å². The van der Waals surface area contributed by atoms with Crippen LogP contribution in [0.15, 0.2) is 22.7 Å². The van der Waals surface area contributed by atoms with Crippen LogP contribution in [-0.4, -0.2) is 54.6 Å². The molecular formula is C17H23N3O4. The van der Waals surface area contributed by atoms with Gasteiger partial charge in [-0.15, -0.1) is 0 Å². The number of nitrogens with zero attached hydrogens (tertiary/aromatic N) is 3. The van der Waals surface area contributed by atoms with E-state index in [-0.39, 0.29) is 12.2 Å². The third kappa shape index (κ3) is 3.68. The van der Waals surface area contributed by atoms with Crippen LogP contribution in [0.25, 0.3) is 11.4 Å². The van der Waals surface area contributed by atoms with Gasteiger partial charge >= 0.3 is 0 Å². The molecule has 2 aromatic rings. The van der Waals surface area contributed by atoms with E-state index in [1.54, 1.807) is 14.2 Å². The van der Waals surface area contributed by atoms with Gasteiger partial charge in [0.25, 0.3) is 0 Å². The number of morpholine rings is 1. The third-order valence-corrected chi connectivity index (χ3v) is 3.96. The van der Waals surface area contributed by atoms with E-state index in [0.29, 0.717) is 29.8 Å². The van der Waals surface area contributed by atoms with Crippen LogP contribution in [0.3, 0.4) is 0 Å². The summed E-state index contributed by atoms with van der Waals surface area (Å²) < 4.78 is 21.7. The summed E-state index contributed by atoms with van der Waals surface area (Å²) >= 11 is 0. The van der Waals surface area contributed by atoms with E-state index < -0.39 is 0 Å². The van der Waals surface area contributed by atoms with Crippen molar-refractivity contribution in [3.05, 3.63) is 24.1 Å². The number of hydrogen-bond donors (Lipinski definition) is 0. The molecule has 0 bridgehead atoms. The zero-order valence-corrected chi connectivity index (χ0v) is 14.5. The molecule has 130 valence electrons. The number of hydrogen-bond acceptors (Lipinski definition) is 7. The van der Waals surface area contributed by atoms with Crippen molar-refractivity contribution in [2.24, 2.45) is 0 Å². The summed E-state index contributed by atoms with van der Waals surface area (Å²) in [5.74, 6) is 2.44. The lowest BCUT2D eigenvalue weighted by Gasteiger charge is -2.34. The van der Waals surface area contributed by atoms with Gasteiger partial charge in [0.05, 0.1) is 33.0 Å². The summed E-state index contributed by atoms with van der Waals surface area (Å²) in [7, 11) is 3.21. The van der Waals surface area contributed by atoms with Gasteiger partial charge in [0.2, 0.25) is 11.7 Å². The Kier molecular flexibility index (Phi) is 5.01. The minimum Gasteiger partial charge on any atom is -0.493 e. The van der Waals surface area contributed by atoms with Crippen LogP contribution >= 0.6 is 0 Å². The zero-order valence-electron chi connectivity index (χ0n) is 14.5. The quantitative estimate of drug-likeness (QED) is 0.832. The molecule has 2 unspecified atom stereocenters. The van der Waals surface area contributed by atoms with E-state index >= 15 is 0 Å². The van der Waals surface area contributed by atoms with Gasteiger partial charge in [-0.3, -0.25) is 4.90 Å². The normalized spacial score (nSPS) is 21.7. The molecule has 0 spiro atoms. The summed E-state index contributed by atoms with van der Waals surface area (Å²) in [5.41, 5.74) is 0.825. The van der Waals surface area contributed by atoms with Crippen LogP contribution in [0.4, 0.5) is 0 Å². The van der Waals surface area contributed by atoms with Gasteiger partial charge in [-0.05, 0) is 32.0 Å². The molecule has 1 aliphatic rings. The molecule has 0 N–H and O–H groups in total. The Morgan fingerprint density at radius 2 is 1.83 bits per heavy atom. The maximum absolute atomic E-state index is 5.74. The molecule has 1 fully saturated rings. The summed E-state index contributed by atoms with van der Waals surface area (Å²) in [6, 6.07) is 5.55. The zero-order chi connectivity index (χ0) is 17.1. The smallest absolute Gasteiger partial charge is 0.241 e. The van der Waals surface area contributed by atoms with E-state index in [1.165, 1.54) is 0 Å². The molecule has 1 aromatic carbocycles. The third-order valence-electron chi connectivity index (χ3n) is 3.96. The largest absolute Gasteiger partial charge is 0.493 e. The second-order valence-corrected chi connectivity index (χ2v) is 6.03.